The third-order valence-corrected chi connectivity index (χ3v) is 4.44. The van der Waals surface area contributed by atoms with Crippen molar-refractivity contribution in [2.45, 2.75) is 6.04 Å². The van der Waals surface area contributed by atoms with E-state index in [1.807, 2.05) is 47.8 Å². The van der Waals surface area contributed by atoms with Gasteiger partial charge in [-0.1, -0.05) is 30.3 Å². The predicted octanol–water partition coefficient (Wildman–Crippen LogP) is 2.42. The van der Waals surface area contributed by atoms with E-state index in [1.54, 1.807) is 12.4 Å². The first-order chi connectivity index (χ1) is 12.8. The Morgan fingerprint density at radius 1 is 1.15 bits per heavy atom. The van der Waals surface area contributed by atoms with Crippen LogP contribution in [-0.2, 0) is 4.79 Å². The maximum Gasteiger partial charge on any atom is 0.255 e. The number of pyridine rings is 1. The van der Waals surface area contributed by atoms with Crippen LogP contribution in [0.25, 0.3) is 11.3 Å². The van der Waals surface area contributed by atoms with Crippen molar-refractivity contribution >= 4 is 22.4 Å². The lowest BCUT2D eigenvalue weighted by Gasteiger charge is -2.15. The topological polar surface area (TPSA) is 98.5 Å². The van der Waals surface area contributed by atoms with Crippen LogP contribution in [0.4, 0.5) is 5.13 Å². The zero-order chi connectivity index (χ0) is 17.8. The van der Waals surface area contributed by atoms with Crippen molar-refractivity contribution in [3.8, 4) is 11.3 Å². The lowest BCUT2D eigenvalue weighted by atomic mass is 10.1. The molecule has 0 unspecified atom stereocenters. The quantitative estimate of drug-likeness (QED) is 0.585. The molecule has 8 nitrogen and oxygen atoms in total. The fraction of sp³-hybridized carbons (Fsp3) is 0.0588. The first-order valence-electron chi connectivity index (χ1n) is 7.75. The summed E-state index contributed by atoms with van der Waals surface area (Å²) in [5.74, 6) is -0.268. The van der Waals surface area contributed by atoms with Crippen LogP contribution in [0.5, 0.6) is 0 Å². The van der Waals surface area contributed by atoms with Gasteiger partial charge >= 0.3 is 0 Å². The second-order valence-corrected chi connectivity index (χ2v) is 6.23. The molecule has 128 valence electrons. The van der Waals surface area contributed by atoms with Gasteiger partial charge in [-0.05, 0) is 28.1 Å². The molecule has 0 aliphatic carbocycles. The number of nitrogens with zero attached hydrogens (tertiary/aromatic N) is 6. The molecule has 0 saturated carbocycles. The number of amides is 1. The monoisotopic (exact) mass is 363 g/mol. The van der Waals surface area contributed by atoms with Crippen LogP contribution < -0.4 is 5.32 Å². The van der Waals surface area contributed by atoms with Crippen molar-refractivity contribution in [3.05, 3.63) is 72.1 Å². The van der Waals surface area contributed by atoms with E-state index in [4.69, 9.17) is 0 Å². The standard InChI is InChI=1S/C17H13N7OS/c25-16(15(24-11-19-22-23-24)12-5-2-1-3-6-12)21-17-20-14(10-26-17)13-7-4-8-18-9-13/h1-11,15H,(H,20,21,25)/t15-/m1/s1. The first-order valence-corrected chi connectivity index (χ1v) is 8.63. The van der Waals surface area contributed by atoms with Crippen molar-refractivity contribution in [2.24, 2.45) is 0 Å². The highest BCUT2D eigenvalue weighted by atomic mass is 32.1. The fourth-order valence-corrected chi connectivity index (χ4v) is 3.22. The van der Waals surface area contributed by atoms with Gasteiger partial charge < -0.3 is 0 Å². The van der Waals surface area contributed by atoms with Gasteiger partial charge in [-0.3, -0.25) is 15.1 Å². The number of hydrogen-bond acceptors (Lipinski definition) is 7. The maximum atomic E-state index is 12.9. The molecule has 4 rings (SSSR count). The number of carbonyl (C=O) groups is 1. The second-order valence-electron chi connectivity index (χ2n) is 5.37. The third kappa shape index (κ3) is 3.33. The van der Waals surface area contributed by atoms with Crippen LogP contribution in [0.1, 0.15) is 11.6 Å². The van der Waals surface area contributed by atoms with Crippen molar-refractivity contribution in [2.75, 3.05) is 5.32 Å². The van der Waals surface area contributed by atoms with Crippen LogP contribution in [0.2, 0.25) is 0 Å². The molecule has 0 radical (unpaired) electrons. The second kappa shape index (κ2) is 7.19. The van der Waals surface area contributed by atoms with Crippen molar-refractivity contribution in [1.82, 2.24) is 30.2 Å². The zero-order valence-corrected chi connectivity index (χ0v) is 14.2. The van der Waals surface area contributed by atoms with E-state index in [-0.39, 0.29) is 5.91 Å². The van der Waals surface area contributed by atoms with Gasteiger partial charge in [-0.2, -0.15) is 0 Å². The van der Waals surface area contributed by atoms with E-state index < -0.39 is 6.04 Å². The highest BCUT2D eigenvalue weighted by Gasteiger charge is 2.24. The van der Waals surface area contributed by atoms with Crippen LogP contribution >= 0.6 is 11.3 Å². The molecule has 0 aliphatic rings. The van der Waals surface area contributed by atoms with Crippen molar-refractivity contribution in [1.29, 1.82) is 0 Å². The summed E-state index contributed by atoms with van der Waals surface area (Å²) in [5, 5.41) is 16.4. The average Bonchev–Trinajstić information content (AvgIpc) is 3.36. The molecule has 0 spiro atoms. The summed E-state index contributed by atoms with van der Waals surface area (Å²) in [6.45, 7) is 0. The van der Waals surface area contributed by atoms with Crippen molar-refractivity contribution < 1.29 is 4.79 Å². The smallest absolute Gasteiger partial charge is 0.255 e. The summed E-state index contributed by atoms with van der Waals surface area (Å²) in [4.78, 5) is 21.4. The number of aromatic nitrogens is 6. The molecule has 0 aliphatic heterocycles. The summed E-state index contributed by atoms with van der Waals surface area (Å²) in [5.41, 5.74) is 2.43. The molecule has 4 aromatic rings. The van der Waals surface area contributed by atoms with E-state index in [9.17, 15) is 4.79 Å². The molecule has 3 aromatic heterocycles. The number of carbonyl (C=O) groups excluding carboxylic acids is 1. The Balaban J connectivity index is 1.59. The number of hydrogen-bond donors (Lipinski definition) is 1. The van der Waals surface area contributed by atoms with Gasteiger partial charge in [-0.15, -0.1) is 16.4 Å². The molecule has 26 heavy (non-hydrogen) atoms. The summed E-state index contributed by atoms with van der Waals surface area (Å²) < 4.78 is 1.42. The van der Waals surface area contributed by atoms with Crippen LogP contribution in [0.15, 0.2) is 66.6 Å². The number of tetrazole rings is 1. The largest absolute Gasteiger partial charge is 0.300 e. The van der Waals surface area contributed by atoms with E-state index >= 15 is 0 Å². The minimum Gasteiger partial charge on any atom is -0.300 e. The Morgan fingerprint density at radius 3 is 2.77 bits per heavy atom. The lowest BCUT2D eigenvalue weighted by Crippen LogP contribution is -2.27. The number of nitrogens with one attached hydrogen (secondary N) is 1. The number of thiazole rings is 1. The number of benzene rings is 1. The van der Waals surface area contributed by atoms with Crippen LogP contribution in [-0.4, -0.2) is 36.1 Å². The molecule has 9 heteroatoms. The highest BCUT2D eigenvalue weighted by molar-refractivity contribution is 7.14. The summed E-state index contributed by atoms with van der Waals surface area (Å²) in [6.07, 6.45) is 4.85. The average molecular weight is 363 g/mol. The first kappa shape index (κ1) is 16.0. The van der Waals surface area contributed by atoms with Crippen LogP contribution in [0, 0.1) is 0 Å². The Bertz CT molecular complexity index is 986. The fourth-order valence-electron chi connectivity index (χ4n) is 2.50. The molecule has 1 atom stereocenters. The molecule has 0 saturated heterocycles. The molecular formula is C17H13N7OS. The van der Waals surface area contributed by atoms with Gasteiger partial charge in [0.2, 0.25) is 0 Å². The maximum absolute atomic E-state index is 12.9. The summed E-state index contributed by atoms with van der Waals surface area (Å²) >= 11 is 1.35. The van der Waals surface area contributed by atoms with Gasteiger partial charge in [0.05, 0.1) is 5.69 Å². The molecule has 1 amide bonds. The Hall–Kier alpha value is -3.46. The van der Waals surface area contributed by atoms with Gasteiger partial charge in [-0.25, -0.2) is 9.67 Å². The number of anilines is 1. The Kier molecular flexibility index (Phi) is 4.44. The molecule has 1 N–H and O–H groups in total. The normalized spacial score (nSPS) is 11.8. The van der Waals surface area contributed by atoms with E-state index in [2.05, 4.69) is 30.8 Å². The number of rotatable bonds is 5. The van der Waals surface area contributed by atoms with E-state index in [0.717, 1.165) is 16.8 Å². The van der Waals surface area contributed by atoms with Gasteiger partial charge in [0.1, 0.15) is 6.33 Å². The highest BCUT2D eigenvalue weighted by Crippen LogP contribution is 2.26. The van der Waals surface area contributed by atoms with Crippen molar-refractivity contribution in [3.63, 3.8) is 0 Å². The third-order valence-electron chi connectivity index (χ3n) is 3.68. The molecule has 1 aromatic carbocycles. The predicted molar refractivity (Wildman–Crippen MR) is 96.4 cm³/mol. The molecule has 0 fully saturated rings. The lowest BCUT2D eigenvalue weighted by molar-refractivity contribution is -0.118. The molecule has 0 bridgehead atoms. The summed E-state index contributed by atoms with van der Waals surface area (Å²) in [7, 11) is 0. The summed E-state index contributed by atoms with van der Waals surface area (Å²) in [6, 6.07) is 12.4. The van der Waals surface area contributed by atoms with Crippen LogP contribution in [0.3, 0.4) is 0 Å². The molecular weight excluding hydrogens is 350 g/mol. The van der Waals surface area contributed by atoms with Gasteiger partial charge in [0.25, 0.3) is 5.91 Å². The minimum atomic E-state index is -0.683. The Morgan fingerprint density at radius 2 is 2.04 bits per heavy atom. The zero-order valence-electron chi connectivity index (χ0n) is 13.4. The SMILES string of the molecule is O=C(Nc1nc(-c2cccnc2)cs1)[C@@H](c1ccccc1)n1cnnn1. The molecule has 3 heterocycles. The van der Waals surface area contributed by atoms with Gasteiger partial charge in [0.15, 0.2) is 11.2 Å². The van der Waals surface area contributed by atoms with E-state index in [1.165, 1.54) is 22.3 Å². The van der Waals surface area contributed by atoms with E-state index in [0.29, 0.717) is 5.13 Å². The Labute approximate surface area is 152 Å². The minimum absolute atomic E-state index is 0.268. The van der Waals surface area contributed by atoms with Gasteiger partial charge in [0, 0.05) is 23.3 Å².